The summed E-state index contributed by atoms with van der Waals surface area (Å²) in [5.41, 5.74) is 0.796. The van der Waals surface area contributed by atoms with Crippen molar-refractivity contribution < 1.29 is 29.1 Å². The van der Waals surface area contributed by atoms with Crippen molar-refractivity contribution in [1.82, 2.24) is 0 Å². The number of phosphoric acid groups is 1. The molecule has 1 unspecified atom stereocenters. The van der Waals surface area contributed by atoms with Crippen molar-refractivity contribution in [2.75, 3.05) is 0 Å². The van der Waals surface area contributed by atoms with Crippen LogP contribution in [0.1, 0.15) is 27.7 Å². The normalized spacial score (nSPS) is 12.9. The Morgan fingerprint density at radius 3 is 1.81 bits per heavy atom. The van der Waals surface area contributed by atoms with Gasteiger partial charge in [-0.3, -0.25) is 9.79 Å². The van der Waals surface area contributed by atoms with E-state index in [1.54, 1.807) is 13.8 Å². The van der Waals surface area contributed by atoms with Crippen LogP contribution in [0.25, 0.3) is 0 Å². The van der Waals surface area contributed by atoms with Crippen LogP contribution in [0.15, 0.2) is 22.7 Å². The third-order valence-corrected chi connectivity index (χ3v) is 2.16. The summed E-state index contributed by atoms with van der Waals surface area (Å²) in [6, 6.07) is 0. The highest BCUT2D eigenvalue weighted by molar-refractivity contribution is 7.46. The average Bonchev–Trinajstić information content (AvgIpc) is 2.09. The first-order valence-electron chi connectivity index (χ1n) is 4.53. The van der Waals surface area contributed by atoms with Crippen LogP contribution in [0.4, 0.5) is 0 Å². The molecular formula is C9H17O6P. The predicted molar refractivity (Wildman–Crippen MR) is 58.5 cm³/mol. The molecule has 0 aromatic rings. The van der Waals surface area contributed by atoms with Crippen molar-refractivity contribution in [3.05, 3.63) is 22.7 Å². The molecule has 0 rings (SSSR count). The third-order valence-electron chi connectivity index (χ3n) is 1.73. The second-order valence-electron chi connectivity index (χ2n) is 3.73. The van der Waals surface area contributed by atoms with E-state index in [2.05, 4.69) is 4.52 Å². The molecule has 0 radical (unpaired) electrons. The van der Waals surface area contributed by atoms with Gasteiger partial charge in [-0.2, -0.15) is 0 Å². The van der Waals surface area contributed by atoms with Crippen LogP contribution < -0.4 is 0 Å². The zero-order valence-electron chi connectivity index (χ0n) is 9.63. The van der Waals surface area contributed by atoms with Gasteiger partial charge in [0.1, 0.15) is 11.5 Å². The first-order chi connectivity index (χ1) is 7.06. The largest absolute Gasteiger partial charge is 0.524 e. The molecule has 94 valence electrons. The van der Waals surface area contributed by atoms with E-state index in [0.29, 0.717) is 11.1 Å². The number of allylic oxidation sites excluding steroid dienone is 2. The van der Waals surface area contributed by atoms with Gasteiger partial charge in [-0.15, -0.1) is 0 Å². The van der Waals surface area contributed by atoms with E-state index >= 15 is 0 Å². The Hall–Kier alpha value is -0.810. The number of hydrogen-bond donors (Lipinski definition) is 4. The van der Waals surface area contributed by atoms with Gasteiger partial charge in [0.25, 0.3) is 0 Å². The molecule has 0 saturated heterocycles. The van der Waals surface area contributed by atoms with Crippen LogP contribution in [0.2, 0.25) is 0 Å². The van der Waals surface area contributed by atoms with Gasteiger partial charge in [0.15, 0.2) is 6.10 Å². The second-order valence-corrected chi connectivity index (χ2v) is 4.90. The van der Waals surface area contributed by atoms with E-state index < -0.39 is 13.9 Å². The summed E-state index contributed by atoms with van der Waals surface area (Å²) in [5.74, 6) is -0.725. The quantitative estimate of drug-likeness (QED) is 0.447. The molecule has 0 spiro atoms. The fraction of sp³-hybridized carbons (Fsp3) is 0.556. The lowest BCUT2D eigenvalue weighted by molar-refractivity contribution is 0.123. The molecule has 0 heterocycles. The topological polar surface area (TPSA) is 107 Å². The fourth-order valence-corrected chi connectivity index (χ4v) is 1.48. The van der Waals surface area contributed by atoms with Crippen molar-refractivity contribution in [3.63, 3.8) is 0 Å². The van der Waals surface area contributed by atoms with Crippen molar-refractivity contribution >= 4 is 7.82 Å². The van der Waals surface area contributed by atoms with Gasteiger partial charge < -0.3 is 14.7 Å². The van der Waals surface area contributed by atoms with Crippen LogP contribution in [0.3, 0.4) is 0 Å². The van der Waals surface area contributed by atoms with Crippen molar-refractivity contribution in [3.8, 4) is 0 Å². The molecule has 0 saturated carbocycles. The lowest BCUT2D eigenvalue weighted by Gasteiger charge is -2.18. The lowest BCUT2D eigenvalue weighted by Crippen LogP contribution is -2.17. The molecule has 0 fully saturated rings. The number of rotatable bonds is 4. The molecule has 6 nitrogen and oxygen atoms in total. The first kappa shape index (κ1) is 15.2. The van der Waals surface area contributed by atoms with Gasteiger partial charge in [-0.25, -0.2) is 4.57 Å². The average molecular weight is 252 g/mol. The summed E-state index contributed by atoms with van der Waals surface area (Å²) < 4.78 is 15.0. The molecule has 0 aromatic carbocycles. The van der Waals surface area contributed by atoms with E-state index in [-0.39, 0.29) is 11.5 Å². The minimum Gasteiger partial charge on any atom is -0.509 e. The van der Waals surface area contributed by atoms with E-state index in [1.165, 1.54) is 13.8 Å². The van der Waals surface area contributed by atoms with Gasteiger partial charge in [0.2, 0.25) is 0 Å². The highest BCUT2D eigenvalue weighted by atomic mass is 31.2. The SMILES string of the molecule is CC(C)=C(O)C(O)C(OP(=O)(O)O)=C(C)C. The maximum Gasteiger partial charge on any atom is 0.524 e. The lowest BCUT2D eigenvalue weighted by atomic mass is 10.1. The predicted octanol–water partition coefficient (Wildman–Crippen LogP) is 1.60. The number of aliphatic hydroxyl groups excluding tert-OH is 2. The highest BCUT2D eigenvalue weighted by Gasteiger charge is 2.26. The van der Waals surface area contributed by atoms with Crippen LogP contribution in [0.5, 0.6) is 0 Å². The Balaban J connectivity index is 5.22. The number of phosphoric ester groups is 1. The van der Waals surface area contributed by atoms with Gasteiger partial charge >= 0.3 is 7.82 Å². The zero-order chi connectivity index (χ0) is 13.1. The van der Waals surface area contributed by atoms with Crippen LogP contribution in [0, 0.1) is 0 Å². The molecule has 0 aliphatic carbocycles. The Morgan fingerprint density at radius 2 is 1.56 bits per heavy atom. The van der Waals surface area contributed by atoms with Gasteiger partial charge in [0, 0.05) is 0 Å². The molecule has 7 heteroatoms. The molecule has 0 bridgehead atoms. The van der Waals surface area contributed by atoms with Crippen molar-refractivity contribution in [2.24, 2.45) is 0 Å². The molecule has 0 aliphatic heterocycles. The van der Waals surface area contributed by atoms with Crippen LogP contribution in [-0.2, 0) is 9.09 Å². The summed E-state index contributed by atoms with van der Waals surface area (Å²) in [6.07, 6.45) is -1.57. The third kappa shape index (κ3) is 4.81. The summed E-state index contributed by atoms with van der Waals surface area (Å²) in [5, 5.41) is 19.1. The van der Waals surface area contributed by atoms with E-state index in [1.807, 2.05) is 0 Å². The first-order valence-corrected chi connectivity index (χ1v) is 6.06. The molecule has 16 heavy (non-hydrogen) atoms. The number of aliphatic hydroxyl groups is 2. The Morgan fingerprint density at radius 1 is 1.12 bits per heavy atom. The van der Waals surface area contributed by atoms with Gasteiger partial charge in [-0.05, 0) is 38.8 Å². The van der Waals surface area contributed by atoms with Crippen molar-refractivity contribution in [2.45, 2.75) is 33.8 Å². The minimum absolute atomic E-state index is 0.341. The molecule has 0 aromatic heterocycles. The Bertz CT molecular complexity index is 356. The molecule has 4 N–H and O–H groups in total. The maximum absolute atomic E-state index is 10.7. The van der Waals surface area contributed by atoms with Crippen LogP contribution in [-0.4, -0.2) is 26.1 Å². The van der Waals surface area contributed by atoms with Crippen LogP contribution >= 0.6 is 7.82 Å². The fourth-order valence-electron chi connectivity index (χ4n) is 0.940. The molecule has 0 amide bonds. The Kier molecular flexibility index (Phi) is 5.22. The minimum atomic E-state index is -4.75. The maximum atomic E-state index is 10.7. The van der Waals surface area contributed by atoms with E-state index in [4.69, 9.17) is 9.79 Å². The standard InChI is InChI=1S/C9H17O6P/c1-5(2)7(10)8(11)9(6(3)4)15-16(12,13)14/h8,10-11H,1-4H3,(H2,12,13,14). The summed E-state index contributed by atoms with van der Waals surface area (Å²) in [7, 11) is -4.75. The highest BCUT2D eigenvalue weighted by Crippen LogP contribution is 2.41. The zero-order valence-corrected chi connectivity index (χ0v) is 10.5. The molecule has 0 aliphatic rings. The Labute approximate surface area is 94.1 Å². The number of hydrogen-bond acceptors (Lipinski definition) is 4. The second kappa shape index (κ2) is 5.50. The summed E-state index contributed by atoms with van der Waals surface area (Å²) in [4.78, 5) is 17.3. The molecule has 1 atom stereocenters. The molecular weight excluding hydrogens is 235 g/mol. The van der Waals surface area contributed by atoms with Gasteiger partial charge in [0.05, 0.1) is 0 Å². The van der Waals surface area contributed by atoms with E-state index in [0.717, 1.165) is 0 Å². The summed E-state index contributed by atoms with van der Waals surface area (Å²) in [6.45, 7) is 6.12. The van der Waals surface area contributed by atoms with Gasteiger partial charge in [-0.1, -0.05) is 0 Å². The smallest absolute Gasteiger partial charge is 0.509 e. The summed E-state index contributed by atoms with van der Waals surface area (Å²) >= 11 is 0. The monoisotopic (exact) mass is 252 g/mol. The van der Waals surface area contributed by atoms with E-state index in [9.17, 15) is 14.8 Å². The van der Waals surface area contributed by atoms with Crippen molar-refractivity contribution in [1.29, 1.82) is 0 Å².